The topological polar surface area (TPSA) is 30.7 Å². The number of halogens is 1. The van der Waals surface area contributed by atoms with E-state index in [1.54, 1.807) is 23.0 Å². The van der Waals surface area contributed by atoms with Crippen molar-refractivity contribution in [2.75, 3.05) is 0 Å². The number of rotatable bonds is 3. The second kappa shape index (κ2) is 5.48. The SMILES string of the molecule is CC(C)c1nn(-c2ccccn2)cc1-c1ccc(F)cc1. The molecule has 0 aliphatic heterocycles. The quantitative estimate of drug-likeness (QED) is 0.720. The molecule has 0 saturated heterocycles. The van der Waals surface area contributed by atoms with Crippen LogP contribution in [0.4, 0.5) is 4.39 Å². The van der Waals surface area contributed by atoms with Crippen LogP contribution in [0.3, 0.4) is 0 Å². The van der Waals surface area contributed by atoms with Crippen molar-refractivity contribution in [1.82, 2.24) is 14.8 Å². The van der Waals surface area contributed by atoms with Crippen molar-refractivity contribution in [2.24, 2.45) is 0 Å². The lowest BCUT2D eigenvalue weighted by Crippen LogP contribution is -1.99. The molecule has 106 valence electrons. The van der Waals surface area contributed by atoms with Crippen molar-refractivity contribution in [3.8, 4) is 16.9 Å². The highest BCUT2D eigenvalue weighted by Crippen LogP contribution is 2.29. The fraction of sp³-hybridized carbons (Fsp3) is 0.176. The first-order chi connectivity index (χ1) is 10.1. The van der Waals surface area contributed by atoms with Crippen molar-refractivity contribution < 1.29 is 4.39 Å². The summed E-state index contributed by atoms with van der Waals surface area (Å²) in [7, 11) is 0. The van der Waals surface area contributed by atoms with Crippen molar-refractivity contribution >= 4 is 0 Å². The maximum Gasteiger partial charge on any atom is 0.153 e. The third-order valence-electron chi connectivity index (χ3n) is 3.33. The van der Waals surface area contributed by atoms with Gasteiger partial charge in [-0.3, -0.25) is 0 Å². The van der Waals surface area contributed by atoms with Gasteiger partial charge in [-0.1, -0.05) is 32.0 Å². The summed E-state index contributed by atoms with van der Waals surface area (Å²) in [6, 6.07) is 12.2. The summed E-state index contributed by atoms with van der Waals surface area (Å²) in [5.41, 5.74) is 2.95. The van der Waals surface area contributed by atoms with Gasteiger partial charge in [0, 0.05) is 18.0 Å². The molecule has 3 rings (SSSR count). The zero-order valence-corrected chi connectivity index (χ0v) is 12.0. The lowest BCUT2D eigenvalue weighted by atomic mass is 10.0. The van der Waals surface area contributed by atoms with E-state index in [-0.39, 0.29) is 11.7 Å². The maximum atomic E-state index is 13.1. The monoisotopic (exact) mass is 281 g/mol. The molecule has 2 heterocycles. The van der Waals surface area contributed by atoms with E-state index in [0.717, 1.165) is 22.6 Å². The minimum atomic E-state index is -0.234. The van der Waals surface area contributed by atoms with E-state index in [1.165, 1.54) is 12.1 Å². The van der Waals surface area contributed by atoms with Gasteiger partial charge in [0.1, 0.15) is 5.82 Å². The lowest BCUT2D eigenvalue weighted by molar-refractivity contribution is 0.628. The molecule has 2 aromatic heterocycles. The van der Waals surface area contributed by atoms with Crippen LogP contribution in [0.15, 0.2) is 54.9 Å². The molecule has 0 radical (unpaired) electrons. The lowest BCUT2D eigenvalue weighted by Gasteiger charge is -2.04. The van der Waals surface area contributed by atoms with Crippen molar-refractivity contribution in [1.29, 1.82) is 0 Å². The Labute approximate surface area is 123 Å². The zero-order chi connectivity index (χ0) is 14.8. The summed E-state index contributed by atoms with van der Waals surface area (Å²) in [5, 5.41) is 4.64. The Morgan fingerprint density at radius 1 is 1.05 bits per heavy atom. The number of aromatic nitrogens is 3. The average Bonchev–Trinajstić information content (AvgIpc) is 2.94. The van der Waals surface area contributed by atoms with Crippen LogP contribution in [-0.2, 0) is 0 Å². The Morgan fingerprint density at radius 2 is 1.81 bits per heavy atom. The third kappa shape index (κ3) is 2.70. The van der Waals surface area contributed by atoms with Crippen LogP contribution in [-0.4, -0.2) is 14.8 Å². The molecular weight excluding hydrogens is 265 g/mol. The number of pyridine rings is 1. The normalized spacial score (nSPS) is 11.0. The highest BCUT2D eigenvalue weighted by molar-refractivity contribution is 5.66. The van der Waals surface area contributed by atoms with Gasteiger partial charge in [0.25, 0.3) is 0 Å². The van der Waals surface area contributed by atoms with Crippen LogP contribution in [0.5, 0.6) is 0 Å². The third-order valence-corrected chi connectivity index (χ3v) is 3.33. The van der Waals surface area contributed by atoms with Crippen LogP contribution in [0, 0.1) is 5.82 Å². The fourth-order valence-corrected chi connectivity index (χ4v) is 2.27. The Balaban J connectivity index is 2.11. The summed E-state index contributed by atoms with van der Waals surface area (Å²) < 4.78 is 14.9. The molecule has 0 unspecified atom stereocenters. The zero-order valence-electron chi connectivity index (χ0n) is 12.0. The number of nitrogens with zero attached hydrogens (tertiary/aromatic N) is 3. The largest absolute Gasteiger partial charge is 0.237 e. The molecule has 0 aliphatic carbocycles. The molecule has 1 aromatic carbocycles. The minimum absolute atomic E-state index is 0.234. The van der Waals surface area contributed by atoms with Crippen LogP contribution in [0.2, 0.25) is 0 Å². The van der Waals surface area contributed by atoms with Gasteiger partial charge < -0.3 is 0 Å². The first-order valence-electron chi connectivity index (χ1n) is 6.92. The summed E-state index contributed by atoms with van der Waals surface area (Å²) in [5.74, 6) is 0.810. The summed E-state index contributed by atoms with van der Waals surface area (Å²) in [6.45, 7) is 4.19. The second-order valence-electron chi connectivity index (χ2n) is 5.22. The molecule has 0 atom stereocenters. The summed E-state index contributed by atoms with van der Waals surface area (Å²) in [6.07, 6.45) is 3.69. The van der Waals surface area contributed by atoms with Crippen LogP contribution >= 0.6 is 0 Å². The highest BCUT2D eigenvalue weighted by atomic mass is 19.1. The van der Waals surface area contributed by atoms with E-state index in [2.05, 4.69) is 23.9 Å². The average molecular weight is 281 g/mol. The van der Waals surface area contributed by atoms with Gasteiger partial charge in [0.2, 0.25) is 0 Å². The van der Waals surface area contributed by atoms with Gasteiger partial charge >= 0.3 is 0 Å². The molecule has 0 N–H and O–H groups in total. The summed E-state index contributed by atoms with van der Waals surface area (Å²) >= 11 is 0. The van der Waals surface area contributed by atoms with E-state index in [0.29, 0.717) is 0 Å². The van der Waals surface area contributed by atoms with Gasteiger partial charge in [0.15, 0.2) is 5.82 Å². The van der Waals surface area contributed by atoms with Crippen LogP contribution < -0.4 is 0 Å². The maximum absolute atomic E-state index is 13.1. The number of benzene rings is 1. The molecule has 3 aromatic rings. The van der Waals surface area contributed by atoms with Gasteiger partial charge in [-0.25, -0.2) is 14.1 Å². The fourth-order valence-electron chi connectivity index (χ4n) is 2.27. The molecule has 0 saturated carbocycles. The first-order valence-corrected chi connectivity index (χ1v) is 6.92. The molecule has 0 spiro atoms. The van der Waals surface area contributed by atoms with E-state index in [4.69, 9.17) is 0 Å². The van der Waals surface area contributed by atoms with E-state index < -0.39 is 0 Å². The Hall–Kier alpha value is -2.49. The van der Waals surface area contributed by atoms with Gasteiger partial charge in [-0.2, -0.15) is 5.10 Å². The Bertz CT molecular complexity index is 730. The van der Waals surface area contributed by atoms with Crippen molar-refractivity contribution in [2.45, 2.75) is 19.8 Å². The highest BCUT2D eigenvalue weighted by Gasteiger charge is 2.15. The molecule has 0 amide bonds. The van der Waals surface area contributed by atoms with Gasteiger partial charge in [-0.15, -0.1) is 0 Å². The first kappa shape index (κ1) is 13.5. The predicted octanol–water partition coefficient (Wildman–Crippen LogP) is 4.20. The van der Waals surface area contributed by atoms with Gasteiger partial charge in [0.05, 0.1) is 5.69 Å². The minimum Gasteiger partial charge on any atom is -0.237 e. The number of hydrogen-bond donors (Lipinski definition) is 0. The molecule has 4 heteroatoms. The smallest absolute Gasteiger partial charge is 0.153 e. The number of hydrogen-bond acceptors (Lipinski definition) is 2. The summed E-state index contributed by atoms with van der Waals surface area (Å²) in [4.78, 5) is 4.31. The molecule has 21 heavy (non-hydrogen) atoms. The predicted molar refractivity (Wildman–Crippen MR) is 80.8 cm³/mol. The van der Waals surface area contributed by atoms with E-state index in [9.17, 15) is 4.39 Å². The van der Waals surface area contributed by atoms with Crippen molar-refractivity contribution in [3.05, 3.63) is 66.4 Å². The molecule has 0 bridgehead atoms. The van der Waals surface area contributed by atoms with Crippen LogP contribution in [0.1, 0.15) is 25.5 Å². The standard InChI is InChI=1S/C17H16FN3/c1-12(2)17-15(13-6-8-14(18)9-7-13)11-21(20-17)16-5-3-4-10-19-16/h3-12H,1-2H3. The Morgan fingerprint density at radius 3 is 2.43 bits per heavy atom. The van der Waals surface area contributed by atoms with E-state index >= 15 is 0 Å². The van der Waals surface area contributed by atoms with Crippen molar-refractivity contribution in [3.63, 3.8) is 0 Å². The molecule has 0 fully saturated rings. The van der Waals surface area contributed by atoms with Gasteiger partial charge in [-0.05, 0) is 35.7 Å². The van der Waals surface area contributed by atoms with Crippen LogP contribution in [0.25, 0.3) is 16.9 Å². The molecule has 0 aliphatic rings. The second-order valence-corrected chi connectivity index (χ2v) is 5.22. The molecule has 3 nitrogen and oxygen atoms in total. The molecular formula is C17H16FN3. The Kier molecular flexibility index (Phi) is 3.52. The van der Waals surface area contributed by atoms with E-state index in [1.807, 2.05) is 24.4 Å².